The van der Waals surface area contributed by atoms with Crippen molar-refractivity contribution in [3.63, 3.8) is 0 Å². The maximum absolute atomic E-state index is 11.2. The maximum atomic E-state index is 11.2. The van der Waals surface area contributed by atoms with E-state index in [1.54, 1.807) is 7.05 Å². The summed E-state index contributed by atoms with van der Waals surface area (Å²) in [5.74, 6) is 0.345. The molecule has 1 aliphatic rings. The van der Waals surface area contributed by atoms with Gasteiger partial charge >= 0.3 is 0 Å². The number of amides is 1. The molecular weight excluding hydrogens is 142 g/mol. The first-order valence-electron chi connectivity index (χ1n) is 4.14. The first kappa shape index (κ1) is 8.53. The zero-order chi connectivity index (χ0) is 8.10. The summed E-state index contributed by atoms with van der Waals surface area (Å²) in [7, 11) is 1.69. The highest BCUT2D eigenvalue weighted by atomic mass is 16.5. The van der Waals surface area contributed by atoms with E-state index in [0.717, 1.165) is 32.5 Å². The summed E-state index contributed by atoms with van der Waals surface area (Å²) in [6, 6.07) is 0. The topological polar surface area (TPSA) is 38.3 Å². The SMILES string of the molecule is CNC(=O)C1CCCOCC1. The van der Waals surface area contributed by atoms with Crippen molar-refractivity contribution in [2.75, 3.05) is 20.3 Å². The van der Waals surface area contributed by atoms with Crippen molar-refractivity contribution in [1.29, 1.82) is 0 Å². The van der Waals surface area contributed by atoms with Crippen LogP contribution in [0.3, 0.4) is 0 Å². The van der Waals surface area contributed by atoms with Crippen LogP contribution in [0.1, 0.15) is 19.3 Å². The number of nitrogens with one attached hydrogen (secondary N) is 1. The predicted octanol–water partition coefficient (Wildman–Crippen LogP) is 0.549. The molecule has 0 aromatic carbocycles. The van der Waals surface area contributed by atoms with Crippen LogP contribution in [-0.2, 0) is 9.53 Å². The lowest BCUT2D eigenvalue weighted by Crippen LogP contribution is -2.27. The van der Waals surface area contributed by atoms with Gasteiger partial charge in [-0.1, -0.05) is 0 Å². The van der Waals surface area contributed by atoms with Crippen molar-refractivity contribution in [3.05, 3.63) is 0 Å². The van der Waals surface area contributed by atoms with Gasteiger partial charge in [0, 0.05) is 26.2 Å². The third-order valence-corrected chi connectivity index (χ3v) is 2.07. The smallest absolute Gasteiger partial charge is 0.222 e. The molecule has 1 aliphatic heterocycles. The zero-order valence-electron chi connectivity index (χ0n) is 6.93. The summed E-state index contributed by atoms with van der Waals surface area (Å²) in [6.07, 6.45) is 2.86. The molecule has 1 atom stereocenters. The number of hydrogen-bond acceptors (Lipinski definition) is 2. The van der Waals surface area contributed by atoms with Gasteiger partial charge in [-0.15, -0.1) is 0 Å². The fourth-order valence-corrected chi connectivity index (χ4v) is 1.37. The van der Waals surface area contributed by atoms with Crippen molar-refractivity contribution in [3.8, 4) is 0 Å². The second-order valence-electron chi connectivity index (χ2n) is 2.85. The van der Waals surface area contributed by atoms with E-state index in [9.17, 15) is 4.79 Å². The number of rotatable bonds is 1. The first-order valence-corrected chi connectivity index (χ1v) is 4.14. The third-order valence-electron chi connectivity index (χ3n) is 2.07. The number of carbonyl (C=O) groups is 1. The molecule has 3 nitrogen and oxygen atoms in total. The maximum Gasteiger partial charge on any atom is 0.222 e. The minimum atomic E-state index is 0.163. The molecule has 1 saturated heterocycles. The molecule has 1 amide bonds. The van der Waals surface area contributed by atoms with Crippen LogP contribution in [0.4, 0.5) is 0 Å². The predicted molar refractivity (Wildman–Crippen MR) is 42.2 cm³/mol. The highest BCUT2D eigenvalue weighted by Gasteiger charge is 2.18. The van der Waals surface area contributed by atoms with Gasteiger partial charge in [0.05, 0.1) is 0 Å². The largest absolute Gasteiger partial charge is 0.381 e. The van der Waals surface area contributed by atoms with Gasteiger partial charge in [0.25, 0.3) is 0 Å². The molecule has 0 bridgehead atoms. The fraction of sp³-hybridized carbons (Fsp3) is 0.875. The van der Waals surface area contributed by atoms with Crippen molar-refractivity contribution in [1.82, 2.24) is 5.32 Å². The van der Waals surface area contributed by atoms with Gasteiger partial charge < -0.3 is 10.1 Å². The van der Waals surface area contributed by atoms with Gasteiger partial charge in [-0.3, -0.25) is 4.79 Å². The normalized spacial score (nSPS) is 25.7. The summed E-state index contributed by atoms with van der Waals surface area (Å²) in [6.45, 7) is 1.55. The molecule has 0 radical (unpaired) electrons. The Bertz CT molecular complexity index is 128. The Hall–Kier alpha value is -0.570. The molecule has 1 heterocycles. The van der Waals surface area contributed by atoms with E-state index in [1.165, 1.54) is 0 Å². The highest BCUT2D eigenvalue weighted by Crippen LogP contribution is 2.15. The van der Waals surface area contributed by atoms with E-state index in [0.29, 0.717) is 0 Å². The Balaban J connectivity index is 2.36. The van der Waals surface area contributed by atoms with Crippen molar-refractivity contribution in [2.24, 2.45) is 5.92 Å². The van der Waals surface area contributed by atoms with Crippen LogP contribution in [0.2, 0.25) is 0 Å². The second-order valence-corrected chi connectivity index (χ2v) is 2.85. The number of hydrogen-bond donors (Lipinski definition) is 1. The van der Waals surface area contributed by atoms with E-state index < -0.39 is 0 Å². The number of carbonyl (C=O) groups excluding carboxylic acids is 1. The lowest BCUT2D eigenvalue weighted by Gasteiger charge is -2.09. The molecule has 11 heavy (non-hydrogen) atoms. The van der Waals surface area contributed by atoms with Crippen LogP contribution in [-0.4, -0.2) is 26.2 Å². The molecule has 3 heteroatoms. The Morgan fingerprint density at radius 1 is 1.45 bits per heavy atom. The Labute approximate surface area is 67.1 Å². The van der Waals surface area contributed by atoms with Crippen LogP contribution in [0, 0.1) is 5.92 Å². The van der Waals surface area contributed by atoms with E-state index in [1.807, 2.05) is 0 Å². The average molecular weight is 157 g/mol. The van der Waals surface area contributed by atoms with E-state index in [-0.39, 0.29) is 11.8 Å². The van der Waals surface area contributed by atoms with E-state index in [4.69, 9.17) is 4.74 Å². The fourth-order valence-electron chi connectivity index (χ4n) is 1.37. The molecule has 0 aliphatic carbocycles. The molecule has 1 fully saturated rings. The average Bonchev–Trinajstić information content (AvgIpc) is 2.30. The van der Waals surface area contributed by atoms with E-state index >= 15 is 0 Å². The van der Waals surface area contributed by atoms with Crippen LogP contribution in [0.25, 0.3) is 0 Å². The van der Waals surface area contributed by atoms with Crippen molar-refractivity contribution < 1.29 is 9.53 Å². The van der Waals surface area contributed by atoms with Gasteiger partial charge in [-0.25, -0.2) is 0 Å². The molecule has 0 spiro atoms. The van der Waals surface area contributed by atoms with Crippen molar-refractivity contribution >= 4 is 5.91 Å². The zero-order valence-corrected chi connectivity index (χ0v) is 6.93. The monoisotopic (exact) mass is 157 g/mol. The quantitative estimate of drug-likeness (QED) is 0.603. The highest BCUT2D eigenvalue weighted by molar-refractivity contribution is 5.78. The summed E-state index contributed by atoms with van der Waals surface area (Å²) in [4.78, 5) is 11.2. The molecule has 0 aromatic rings. The molecule has 64 valence electrons. The first-order chi connectivity index (χ1) is 5.34. The number of ether oxygens (including phenoxy) is 1. The van der Waals surface area contributed by atoms with Gasteiger partial charge in [-0.2, -0.15) is 0 Å². The van der Waals surface area contributed by atoms with Crippen LogP contribution >= 0.6 is 0 Å². The second kappa shape index (κ2) is 4.34. The summed E-state index contributed by atoms with van der Waals surface area (Å²) < 4.78 is 5.24. The van der Waals surface area contributed by atoms with Gasteiger partial charge in [0.2, 0.25) is 5.91 Å². The summed E-state index contributed by atoms with van der Waals surface area (Å²) >= 11 is 0. The van der Waals surface area contributed by atoms with Crippen LogP contribution in [0.15, 0.2) is 0 Å². The lowest BCUT2D eigenvalue weighted by molar-refractivity contribution is -0.124. The van der Waals surface area contributed by atoms with Crippen LogP contribution in [0.5, 0.6) is 0 Å². The Kier molecular flexibility index (Phi) is 3.36. The van der Waals surface area contributed by atoms with E-state index in [2.05, 4.69) is 5.32 Å². The Morgan fingerprint density at radius 2 is 2.27 bits per heavy atom. The van der Waals surface area contributed by atoms with Gasteiger partial charge in [0.1, 0.15) is 0 Å². The standard InChI is InChI=1S/C8H15NO2/c1-9-8(10)7-3-2-5-11-6-4-7/h7H,2-6H2,1H3,(H,9,10). The third kappa shape index (κ3) is 2.50. The molecule has 1 N–H and O–H groups in total. The minimum absolute atomic E-state index is 0.163. The Morgan fingerprint density at radius 3 is 3.00 bits per heavy atom. The van der Waals surface area contributed by atoms with Gasteiger partial charge in [-0.05, 0) is 19.3 Å². The van der Waals surface area contributed by atoms with Crippen molar-refractivity contribution in [2.45, 2.75) is 19.3 Å². The molecule has 1 unspecified atom stereocenters. The minimum Gasteiger partial charge on any atom is -0.381 e. The molecule has 0 aromatic heterocycles. The summed E-state index contributed by atoms with van der Waals surface area (Å²) in [5.41, 5.74) is 0. The van der Waals surface area contributed by atoms with Crippen LogP contribution < -0.4 is 5.32 Å². The molecule has 1 rings (SSSR count). The summed E-state index contributed by atoms with van der Waals surface area (Å²) in [5, 5.41) is 2.67. The molecular formula is C8H15NO2. The van der Waals surface area contributed by atoms with Gasteiger partial charge in [0.15, 0.2) is 0 Å². The molecule has 0 saturated carbocycles. The lowest BCUT2D eigenvalue weighted by atomic mass is 10.0.